The van der Waals surface area contributed by atoms with Gasteiger partial charge in [-0.25, -0.2) is 4.39 Å². The summed E-state index contributed by atoms with van der Waals surface area (Å²) in [5.74, 6) is 0.403. The van der Waals surface area contributed by atoms with E-state index < -0.39 is 6.10 Å². The Balaban J connectivity index is 1.28. The first kappa shape index (κ1) is 20.0. The van der Waals surface area contributed by atoms with Gasteiger partial charge >= 0.3 is 0 Å². The maximum absolute atomic E-state index is 14.0. The van der Waals surface area contributed by atoms with Crippen molar-refractivity contribution < 1.29 is 19.1 Å². The van der Waals surface area contributed by atoms with Gasteiger partial charge in [0, 0.05) is 5.39 Å². The van der Waals surface area contributed by atoms with E-state index in [1.54, 1.807) is 6.07 Å². The lowest BCUT2D eigenvalue weighted by Crippen LogP contribution is -3.16. The van der Waals surface area contributed by atoms with E-state index in [1.165, 1.54) is 11.0 Å². The summed E-state index contributed by atoms with van der Waals surface area (Å²) >= 11 is 6.46. The molecule has 0 bridgehead atoms. The molecule has 0 aliphatic carbocycles. The number of quaternary nitrogens is 1. The van der Waals surface area contributed by atoms with Gasteiger partial charge in [-0.1, -0.05) is 54.1 Å². The van der Waals surface area contributed by atoms with Crippen LogP contribution in [-0.4, -0.2) is 50.5 Å². The predicted molar refractivity (Wildman–Crippen MR) is 115 cm³/mol. The zero-order chi connectivity index (χ0) is 20.2. The van der Waals surface area contributed by atoms with E-state index in [-0.39, 0.29) is 12.4 Å². The maximum atomic E-state index is 14.0. The van der Waals surface area contributed by atoms with Crippen LogP contribution < -0.4 is 14.5 Å². The first-order valence-electron chi connectivity index (χ1n) is 9.93. The number of ether oxygens (including phenoxy) is 1. The van der Waals surface area contributed by atoms with Crippen LogP contribution in [0.3, 0.4) is 0 Å². The number of aliphatic hydroxyl groups is 1. The Bertz CT molecular complexity index is 976. The van der Waals surface area contributed by atoms with E-state index >= 15 is 0 Å². The monoisotopic (exact) mass is 415 g/mol. The van der Waals surface area contributed by atoms with Gasteiger partial charge in [0.15, 0.2) is 0 Å². The van der Waals surface area contributed by atoms with Crippen molar-refractivity contribution in [1.82, 2.24) is 0 Å². The normalized spacial score (nSPS) is 16.2. The molecule has 1 heterocycles. The molecule has 2 N–H and O–H groups in total. The molecule has 4 nitrogen and oxygen atoms in total. The number of rotatable bonds is 6. The molecule has 1 aliphatic rings. The number of nitrogens with one attached hydrogen (secondary N) is 1. The minimum absolute atomic E-state index is 0.184. The number of anilines is 1. The molecule has 1 aliphatic heterocycles. The van der Waals surface area contributed by atoms with Crippen molar-refractivity contribution in [2.45, 2.75) is 6.10 Å². The van der Waals surface area contributed by atoms with Crippen molar-refractivity contribution >= 4 is 28.1 Å². The second kappa shape index (κ2) is 8.99. The van der Waals surface area contributed by atoms with Crippen LogP contribution in [0.5, 0.6) is 5.75 Å². The number of benzene rings is 3. The van der Waals surface area contributed by atoms with Crippen LogP contribution in [0.4, 0.5) is 10.1 Å². The molecule has 152 valence electrons. The second-order valence-corrected chi connectivity index (χ2v) is 7.83. The van der Waals surface area contributed by atoms with Gasteiger partial charge in [-0.2, -0.15) is 0 Å². The summed E-state index contributed by atoms with van der Waals surface area (Å²) in [5.41, 5.74) is 0.654. The Morgan fingerprint density at radius 2 is 1.76 bits per heavy atom. The predicted octanol–water partition coefficient (Wildman–Crippen LogP) is 2.78. The Labute approximate surface area is 175 Å². The summed E-state index contributed by atoms with van der Waals surface area (Å²) in [4.78, 5) is 3.36. The molecule has 29 heavy (non-hydrogen) atoms. The van der Waals surface area contributed by atoms with E-state index in [0.717, 1.165) is 37.0 Å². The van der Waals surface area contributed by atoms with Crippen LogP contribution >= 0.6 is 11.6 Å². The van der Waals surface area contributed by atoms with Crippen molar-refractivity contribution in [2.75, 3.05) is 44.2 Å². The molecule has 4 rings (SSSR count). The number of fused-ring (bicyclic) bond motifs is 1. The zero-order valence-corrected chi connectivity index (χ0v) is 16.9. The molecule has 1 atom stereocenters. The van der Waals surface area contributed by atoms with Gasteiger partial charge in [-0.15, -0.1) is 0 Å². The first-order valence-corrected chi connectivity index (χ1v) is 10.3. The number of aliphatic hydroxyl groups excluding tert-OH is 1. The molecule has 3 aromatic rings. The molecule has 1 saturated heterocycles. The SMILES string of the molecule is O[C@H](COc1ccc2ccccc2c1Cl)C[NH+]1CCN(c2ccccc2F)CC1. The molecular formula is C23H25ClFN2O2+. The van der Waals surface area contributed by atoms with Crippen LogP contribution in [0.1, 0.15) is 0 Å². The van der Waals surface area contributed by atoms with E-state index in [9.17, 15) is 9.50 Å². The Hall–Kier alpha value is -2.34. The van der Waals surface area contributed by atoms with E-state index in [0.29, 0.717) is 23.0 Å². The fraction of sp³-hybridized carbons (Fsp3) is 0.304. The molecule has 0 spiro atoms. The van der Waals surface area contributed by atoms with Gasteiger partial charge in [0.1, 0.15) is 30.8 Å². The number of halogens is 2. The fourth-order valence-electron chi connectivity index (χ4n) is 3.88. The van der Waals surface area contributed by atoms with Crippen LogP contribution in [-0.2, 0) is 0 Å². The summed E-state index contributed by atoms with van der Waals surface area (Å²) in [6.07, 6.45) is -0.590. The van der Waals surface area contributed by atoms with Crippen molar-refractivity contribution in [1.29, 1.82) is 0 Å². The standard InChI is InChI=1S/C23H24ClFN2O2/c24-23-19-6-2-1-5-17(19)9-10-22(23)29-16-18(28)15-26-11-13-27(14-12-26)21-8-4-3-7-20(21)25/h1-10,18,28H,11-16H2/p+1/t18-/m0/s1. The molecular weight excluding hydrogens is 391 g/mol. The highest BCUT2D eigenvalue weighted by molar-refractivity contribution is 6.37. The molecule has 1 fully saturated rings. The van der Waals surface area contributed by atoms with Crippen molar-refractivity contribution in [3.63, 3.8) is 0 Å². The molecule has 0 radical (unpaired) electrons. The van der Waals surface area contributed by atoms with E-state index in [4.69, 9.17) is 16.3 Å². The lowest BCUT2D eigenvalue weighted by atomic mass is 10.1. The average molecular weight is 416 g/mol. The van der Waals surface area contributed by atoms with Gasteiger partial charge in [0.05, 0.1) is 36.9 Å². The third-order valence-electron chi connectivity index (χ3n) is 5.45. The minimum Gasteiger partial charge on any atom is -0.489 e. The molecule has 0 saturated carbocycles. The third kappa shape index (κ3) is 4.64. The first-order chi connectivity index (χ1) is 14.1. The summed E-state index contributed by atoms with van der Waals surface area (Å²) in [6.45, 7) is 4.01. The van der Waals surface area contributed by atoms with Crippen LogP contribution in [0, 0.1) is 5.82 Å². The highest BCUT2D eigenvalue weighted by Crippen LogP contribution is 2.32. The highest BCUT2D eigenvalue weighted by Gasteiger charge is 2.24. The lowest BCUT2D eigenvalue weighted by Gasteiger charge is -2.34. The molecule has 0 amide bonds. The Kier molecular flexibility index (Phi) is 6.19. The van der Waals surface area contributed by atoms with Gasteiger partial charge in [-0.3, -0.25) is 0 Å². The quantitative estimate of drug-likeness (QED) is 0.650. The summed E-state index contributed by atoms with van der Waals surface area (Å²) < 4.78 is 19.8. The summed E-state index contributed by atoms with van der Waals surface area (Å²) in [6, 6.07) is 18.6. The van der Waals surface area contributed by atoms with Gasteiger partial charge in [0.2, 0.25) is 0 Å². The molecule has 0 aromatic heterocycles. The molecule has 3 aromatic carbocycles. The van der Waals surface area contributed by atoms with Crippen molar-refractivity contribution in [3.8, 4) is 5.75 Å². The average Bonchev–Trinajstić information content (AvgIpc) is 2.74. The van der Waals surface area contributed by atoms with Gasteiger partial charge in [0.25, 0.3) is 0 Å². The number of para-hydroxylation sites is 1. The summed E-state index contributed by atoms with van der Waals surface area (Å²) in [5, 5.41) is 13.0. The smallest absolute Gasteiger partial charge is 0.146 e. The van der Waals surface area contributed by atoms with Gasteiger partial charge < -0.3 is 19.6 Å². The molecule has 0 unspecified atom stereocenters. The zero-order valence-electron chi connectivity index (χ0n) is 16.2. The van der Waals surface area contributed by atoms with Crippen LogP contribution in [0.2, 0.25) is 5.02 Å². The fourth-order valence-corrected chi connectivity index (χ4v) is 4.17. The minimum atomic E-state index is -0.590. The van der Waals surface area contributed by atoms with Crippen LogP contribution in [0.15, 0.2) is 60.7 Å². The number of hydrogen-bond acceptors (Lipinski definition) is 3. The number of piperazine rings is 1. The number of hydrogen-bond donors (Lipinski definition) is 2. The lowest BCUT2D eigenvalue weighted by molar-refractivity contribution is -0.903. The largest absolute Gasteiger partial charge is 0.489 e. The summed E-state index contributed by atoms with van der Waals surface area (Å²) in [7, 11) is 0. The van der Waals surface area contributed by atoms with E-state index in [1.807, 2.05) is 48.5 Å². The van der Waals surface area contributed by atoms with E-state index in [2.05, 4.69) is 4.90 Å². The molecule has 6 heteroatoms. The van der Waals surface area contributed by atoms with Crippen molar-refractivity contribution in [3.05, 3.63) is 71.5 Å². The van der Waals surface area contributed by atoms with Crippen LogP contribution in [0.25, 0.3) is 10.8 Å². The maximum Gasteiger partial charge on any atom is 0.146 e. The van der Waals surface area contributed by atoms with Gasteiger partial charge in [-0.05, 0) is 23.6 Å². The third-order valence-corrected chi connectivity index (χ3v) is 5.84. The Morgan fingerprint density at radius 3 is 2.55 bits per heavy atom. The van der Waals surface area contributed by atoms with Crippen molar-refractivity contribution in [2.24, 2.45) is 0 Å². The topological polar surface area (TPSA) is 37.1 Å². The number of nitrogens with zero attached hydrogens (tertiary/aromatic N) is 1. The highest BCUT2D eigenvalue weighted by atomic mass is 35.5. The Morgan fingerprint density at radius 1 is 1.03 bits per heavy atom. The second-order valence-electron chi connectivity index (χ2n) is 7.46.